The fraction of sp³-hybridized carbons (Fsp3) is 0.750. The van der Waals surface area contributed by atoms with Gasteiger partial charge in [0.05, 0.1) is 23.5 Å². The third kappa shape index (κ3) is 1.63. The molecule has 1 aliphatic rings. The highest BCUT2D eigenvalue weighted by Crippen LogP contribution is 2.36. The van der Waals surface area contributed by atoms with Crippen LogP contribution in [0.25, 0.3) is 0 Å². The van der Waals surface area contributed by atoms with Crippen LogP contribution in [0.2, 0.25) is 0 Å². The minimum atomic E-state index is 0.210. The Morgan fingerprint density at radius 1 is 1.00 bits per heavy atom. The third-order valence-electron chi connectivity index (χ3n) is 3.28. The van der Waals surface area contributed by atoms with Gasteiger partial charge in [-0.05, 0) is 41.5 Å². The second kappa shape index (κ2) is 3.20. The van der Waals surface area contributed by atoms with Crippen molar-refractivity contribution in [3.8, 4) is 0 Å². The highest BCUT2D eigenvalue weighted by molar-refractivity contribution is 5.60. The van der Waals surface area contributed by atoms with Crippen molar-refractivity contribution in [2.75, 3.05) is 6.54 Å². The molecule has 0 aliphatic carbocycles. The number of nitrogens with zero attached hydrogens (tertiary/aromatic N) is 2. The molecule has 0 atom stereocenters. The van der Waals surface area contributed by atoms with Gasteiger partial charge in [0, 0.05) is 0 Å². The second-order valence-corrected chi connectivity index (χ2v) is 6.02. The van der Waals surface area contributed by atoms with Crippen LogP contribution in [0.3, 0.4) is 0 Å². The van der Waals surface area contributed by atoms with Crippen LogP contribution in [-0.2, 0) is 0 Å². The summed E-state index contributed by atoms with van der Waals surface area (Å²) in [6, 6.07) is 0. The smallest absolute Gasteiger partial charge is 0.120 e. The van der Waals surface area contributed by atoms with E-state index in [9.17, 15) is 0 Å². The molecule has 0 aromatic heterocycles. The first-order valence-corrected chi connectivity index (χ1v) is 5.28. The van der Waals surface area contributed by atoms with Gasteiger partial charge in [-0.3, -0.25) is 9.48 Å². The maximum atomic E-state index is 4.18. The molecule has 0 spiro atoms. The van der Waals surface area contributed by atoms with Crippen LogP contribution in [0, 0.1) is 0 Å². The van der Waals surface area contributed by atoms with E-state index in [0.717, 1.165) is 11.0 Å². The quantitative estimate of drug-likeness (QED) is 0.527. The number of quaternary nitrogens is 1. The van der Waals surface area contributed by atoms with Crippen molar-refractivity contribution in [1.82, 2.24) is 0 Å². The van der Waals surface area contributed by atoms with Crippen LogP contribution in [0.1, 0.15) is 41.5 Å². The highest BCUT2D eigenvalue weighted by Gasteiger charge is 2.47. The second-order valence-electron chi connectivity index (χ2n) is 6.02. The fourth-order valence-electron chi connectivity index (χ4n) is 2.45. The minimum Gasteiger partial charge on any atom is -0.283 e. The maximum absolute atomic E-state index is 4.18. The maximum Gasteiger partial charge on any atom is 0.120 e. The number of hydrogen-bond acceptors (Lipinski definition) is 1. The lowest BCUT2D eigenvalue weighted by molar-refractivity contribution is -0.959. The van der Waals surface area contributed by atoms with E-state index in [4.69, 9.17) is 0 Å². The molecule has 1 aliphatic heterocycles. The average Bonchev–Trinajstić information content (AvgIpc) is 2.02. The molecule has 0 N–H and O–H groups in total. The molecule has 2 nitrogen and oxygen atoms in total. The molecule has 0 saturated carbocycles. The van der Waals surface area contributed by atoms with E-state index in [1.165, 1.54) is 0 Å². The van der Waals surface area contributed by atoms with Gasteiger partial charge in [-0.1, -0.05) is 0 Å². The van der Waals surface area contributed by atoms with Crippen LogP contribution < -0.4 is 0 Å². The Morgan fingerprint density at radius 2 is 1.50 bits per heavy atom. The van der Waals surface area contributed by atoms with E-state index in [1.807, 2.05) is 12.4 Å². The Labute approximate surface area is 87.9 Å². The zero-order valence-corrected chi connectivity index (χ0v) is 10.3. The lowest BCUT2D eigenvalue weighted by Gasteiger charge is -2.54. The van der Waals surface area contributed by atoms with Crippen LogP contribution >= 0.6 is 0 Å². The predicted octanol–water partition coefficient (Wildman–Crippen LogP) is 2.96. The first kappa shape index (κ1) is 11.4. The minimum absolute atomic E-state index is 0.210. The van der Waals surface area contributed by atoms with Crippen molar-refractivity contribution in [3.63, 3.8) is 0 Å². The van der Waals surface area contributed by atoms with E-state index in [0.29, 0.717) is 0 Å². The first-order valence-electron chi connectivity index (χ1n) is 5.28. The molecule has 0 aromatic carbocycles. The number of aliphatic imine (C=N–C) groups is 1. The summed E-state index contributed by atoms with van der Waals surface area (Å²) in [4.78, 5) is 4.18. The monoisotopic (exact) mass is 195 g/mol. The van der Waals surface area contributed by atoms with E-state index < -0.39 is 0 Å². The van der Waals surface area contributed by atoms with Crippen molar-refractivity contribution >= 4 is 6.21 Å². The number of hydrogen-bond donors (Lipinski definition) is 0. The molecule has 0 fully saturated rings. The molecule has 0 unspecified atom stereocenters. The first-order chi connectivity index (χ1) is 6.21. The molecular weight excluding hydrogens is 172 g/mol. The molecule has 1 heterocycles. The van der Waals surface area contributed by atoms with Crippen LogP contribution in [0.15, 0.2) is 17.4 Å². The van der Waals surface area contributed by atoms with Gasteiger partial charge in [-0.15, -0.1) is 0 Å². The van der Waals surface area contributed by atoms with Crippen LogP contribution in [-0.4, -0.2) is 28.3 Å². The van der Waals surface area contributed by atoms with Gasteiger partial charge in [0.1, 0.15) is 12.7 Å². The summed E-state index contributed by atoms with van der Waals surface area (Å²) in [7, 11) is 0. The van der Waals surface area contributed by atoms with Crippen molar-refractivity contribution in [2.24, 2.45) is 4.99 Å². The molecule has 0 aromatic rings. The van der Waals surface area contributed by atoms with Gasteiger partial charge in [0.15, 0.2) is 0 Å². The molecule has 0 saturated heterocycles. The molecule has 2 heteroatoms. The van der Waals surface area contributed by atoms with Gasteiger partial charge in [-0.25, -0.2) is 0 Å². The largest absolute Gasteiger partial charge is 0.283 e. The summed E-state index contributed by atoms with van der Waals surface area (Å²) in [5, 5.41) is 0. The summed E-state index contributed by atoms with van der Waals surface area (Å²) >= 11 is 0. The summed E-state index contributed by atoms with van der Waals surface area (Å²) in [6.07, 6.45) is 6.19. The van der Waals surface area contributed by atoms with Crippen molar-refractivity contribution in [1.29, 1.82) is 0 Å². The van der Waals surface area contributed by atoms with Gasteiger partial charge < -0.3 is 0 Å². The molecule has 80 valence electrons. The molecule has 14 heavy (non-hydrogen) atoms. The Hall–Kier alpha value is -0.630. The Morgan fingerprint density at radius 3 is 1.71 bits per heavy atom. The topological polar surface area (TPSA) is 12.4 Å². The lowest BCUT2D eigenvalue weighted by Crippen LogP contribution is -2.67. The van der Waals surface area contributed by atoms with E-state index in [2.05, 4.69) is 52.7 Å². The highest BCUT2D eigenvalue weighted by atomic mass is 15.4. The van der Waals surface area contributed by atoms with Gasteiger partial charge in [0.2, 0.25) is 0 Å². The standard InChI is InChI=1S/C12H23N2/c1-11(2,3)14(12(4,5)6)9-7-13-8-10-14/h7-9H,10H2,1-6H3/q+1. The number of rotatable bonds is 0. The fourth-order valence-corrected chi connectivity index (χ4v) is 2.45. The van der Waals surface area contributed by atoms with E-state index in [-0.39, 0.29) is 11.1 Å². The third-order valence-corrected chi connectivity index (χ3v) is 3.28. The van der Waals surface area contributed by atoms with Crippen molar-refractivity contribution in [2.45, 2.75) is 52.6 Å². The summed E-state index contributed by atoms with van der Waals surface area (Å²) in [5.74, 6) is 0. The molecular formula is C12H23N2+. The van der Waals surface area contributed by atoms with Crippen molar-refractivity contribution < 1.29 is 4.48 Å². The molecule has 0 amide bonds. The Balaban J connectivity index is 3.18. The summed E-state index contributed by atoms with van der Waals surface area (Å²) in [5.41, 5.74) is 0.419. The Kier molecular flexibility index (Phi) is 2.61. The molecule has 0 radical (unpaired) electrons. The van der Waals surface area contributed by atoms with Gasteiger partial charge in [0.25, 0.3) is 0 Å². The normalized spacial score (nSPS) is 21.3. The van der Waals surface area contributed by atoms with Gasteiger partial charge >= 0.3 is 0 Å². The summed E-state index contributed by atoms with van der Waals surface area (Å²) < 4.78 is 0.962. The van der Waals surface area contributed by atoms with E-state index >= 15 is 0 Å². The summed E-state index contributed by atoms with van der Waals surface area (Å²) in [6.45, 7) is 14.8. The predicted molar refractivity (Wildman–Crippen MR) is 62.3 cm³/mol. The molecule has 0 bridgehead atoms. The van der Waals surface area contributed by atoms with Gasteiger partial charge in [-0.2, -0.15) is 0 Å². The lowest BCUT2D eigenvalue weighted by atomic mass is 9.90. The van der Waals surface area contributed by atoms with Crippen molar-refractivity contribution in [3.05, 3.63) is 12.4 Å². The Bertz CT molecular complexity index is 247. The zero-order chi connectivity index (χ0) is 11.0. The van der Waals surface area contributed by atoms with Crippen LogP contribution in [0.5, 0.6) is 0 Å². The SMILES string of the molecule is CC(C)(C)[N+]1(C(C)(C)C)C=CN=CC1. The molecule has 1 rings (SSSR count). The average molecular weight is 195 g/mol. The van der Waals surface area contributed by atoms with Crippen LogP contribution in [0.4, 0.5) is 0 Å². The zero-order valence-electron chi connectivity index (χ0n) is 10.3. The van der Waals surface area contributed by atoms with E-state index in [1.54, 1.807) is 0 Å².